The van der Waals surface area contributed by atoms with E-state index in [1.165, 1.54) is 5.56 Å². The highest BCUT2D eigenvalue weighted by molar-refractivity contribution is 7.80. The van der Waals surface area contributed by atoms with Crippen LogP contribution in [0.15, 0.2) is 23.1 Å². The highest BCUT2D eigenvalue weighted by atomic mass is 35.6. The zero-order valence-corrected chi connectivity index (χ0v) is 11.8. The predicted octanol–water partition coefficient (Wildman–Crippen LogP) is 5.15. The number of hydrogen-bond donors (Lipinski definition) is 1. The van der Waals surface area contributed by atoms with Crippen LogP contribution in [0.25, 0.3) is 0 Å². The fraction of sp³-hybridized carbons (Fsp3) is 0.455. The van der Waals surface area contributed by atoms with Gasteiger partial charge in [-0.15, -0.1) is 12.6 Å². The van der Waals surface area contributed by atoms with Gasteiger partial charge in [-0.3, -0.25) is 0 Å². The average molecular weight is 284 g/mol. The Morgan fingerprint density at radius 1 is 1.33 bits per heavy atom. The Hall–Kier alpha value is 0.440. The summed E-state index contributed by atoms with van der Waals surface area (Å²) in [5, 5.41) is 0. The summed E-state index contributed by atoms with van der Waals surface area (Å²) in [7, 11) is 0. The van der Waals surface area contributed by atoms with Gasteiger partial charge < -0.3 is 0 Å². The normalized spacial score (nSPS) is 14.0. The zero-order valence-electron chi connectivity index (χ0n) is 8.60. The lowest BCUT2D eigenvalue weighted by atomic mass is 9.94. The van der Waals surface area contributed by atoms with E-state index in [0.717, 1.165) is 10.5 Å². The molecule has 0 saturated heterocycles. The van der Waals surface area contributed by atoms with E-state index >= 15 is 0 Å². The molecule has 15 heavy (non-hydrogen) atoms. The molecule has 0 fully saturated rings. The second-order valence-corrected chi connectivity index (χ2v) is 6.71. The predicted molar refractivity (Wildman–Crippen MR) is 71.8 cm³/mol. The van der Waals surface area contributed by atoms with Crippen molar-refractivity contribution in [2.75, 3.05) is 0 Å². The number of rotatable bonds is 2. The van der Waals surface area contributed by atoms with E-state index in [0.29, 0.717) is 6.42 Å². The summed E-state index contributed by atoms with van der Waals surface area (Å²) >= 11 is 21.7. The van der Waals surface area contributed by atoms with Crippen LogP contribution in [-0.2, 0) is 0 Å². The fourth-order valence-electron chi connectivity index (χ4n) is 1.63. The summed E-state index contributed by atoms with van der Waals surface area (Å²) < 4.78 is -1.20. The third kappa shape index (κ3) is 4.07. The number of hydrogen-bond acceptors (Lipinski definition) is 1. The minimum atomic E-state index is -1.20. The summed E-state index contributed by atoms with van der Waals surface area (Å²) in [6.07, 6.45) is 0.510. The number of alkyl halides is 3. The molecule has 0 aliphatic heterocycles. The second kappa shape index (κ2) is 5.18. The van der Waals surface area contributed by atoms with Crippen LogP contribution in [0, 0.1) is 6.92 Å². The van der Waals surface area contributed by atoms with Crippen molar-refractivity contribution in [1.82, 2.24) is 0 Å². The Morgan fingerprint density at radius 3 is 2.47 bits per heavy atom. The number of thiol groups is 1. The average Bonchev–Trinajstić information content (AvgIpc) is 2.06. The van der Waals surface area contributed by atoms with Crippen molar-refractivity contribution in [2.45, 2.75) is 34.9 Å². The maximum Gasteiger partial charge on any atom is 0.191 e. The van der Waals surface area contributed by atoms with Gasteiger partial charge >= 0.3 is 0 Å². The molecule has 0 aromatic heterocycles. The van der Waals surface area contributed by atoms with Crippen LogP contribution in [0.5, 0.6) is 0 Å². The monoisotopic (exact) mass is 282 g/mol. The molecule has 0 aliphatic rings. The molecule has 0 N–H and O–H groups in total. The van der Waals surface area contributed by atoms with E-state index in [2.05, 4.69) is 25.6 Å². The maximum absolute atomic E-state index is 5.78. The molecule has 1 aromatic rings. The lowest BCUT2D eigenvalue weighted by molar-refractivity contribution is 0.688. The first-order valence-corrected chi connectivity index (χ1v) is 6.24. The molecule has 0 spiro atoms. The summed E-state index contributed by atoms with van der Waals surface area (Å²) in [5.74, 6) is 0.213. The Bertz CT molecular complexity index is 344. The third-order valence-electron chi connectivity index (χ3n) is 2.42. The summed E-state index contributed by atoms with van der Waals surface area (Å²) in [6, 6.07) is 5.99. The largest absolute Gasteiger partial charge is 0.191 e. The van der Waals surface area contributed by atoms with Crippen LogP contribution in [0.1, 0.15) is 30.4 Å². The summed E-state index contributed by atoms with van der Waals surface area (Å²) in [5.41, 5.74) is 2.34. The van der Waals surface area contributed by atoms with E-state index in [-0.39, 0.29) is 5.92 Å². The van der Waals surface area contributed by atoms with Gasteiger partial charge in [-0.1, -0.05) is 53.9 Å². The molecular weight excluding hydrogens is 271 g/mol. The van der Waals surface area contributed by atoms with Gasteiger partial charge in [0, 0.05) is 11.3 Å². The van der Waals surface area contributed by atoms with E-state index in [9.17, 15) is 0 Å². The van der Waals surface area contributed by atoms with Crippen molar-refractivity contribution in [3.05, 3.63) is 29.3 Å². The van der Waals surface area contributed by atoms with Crippen molar-refractivity contribution in [1.29, 1.82) is 0 Å². The first kappa shape index (κ1) is 13.5. The van der Waals surface area contributed by atoms with Crippen LogP contribution >= 0.6 is 47.4 Å². The van der Waals surface area contributed by atoms with Crippen molar-refractivity contribution in [3.63, 3.8) is 0 Å². The van der Waals surface area contributed by atoms with Crippen LogP contribution < -0.4 is 0 Å². The van der Waals surface area contributed by atoms with Crippen molar-refractivity contribution < 1.29 is 0 Å². The molecule has 0 heterocycles. The first-order chi connectivity index (χ1) is 6.81. The van der Waals surface area contributed by atoms with E-state index < -0.39 is 3.79 Å². The molecule has 84 valence electrons. The fourth-order valence-corrected chi connectivity index (χ4v) is 2.54. The Kier molecular flexibility index (Phi) is 4.66. The molecule has 0 saturated carbocycles. The molecule has 0 radical (unpaired) electrons. The minimum Gasteiger partial charge on any atom is -0.143 e. The summed E-state index contributed by atoms with van der Waals surface area (Å²) in [6.45, 7) is 4.09. The van der Waals surface area contributed by atoms with E-state index in [4.69, 9.17) is 34.8 Å². The molecule has 1 unspecified atom stereocenters. The Labute approximate surface area is 111 Å². The Morgan fingerprint density at radius 2 is 1.93 bits per heavy atom. The van der Waals surface area contributed by atoms with Crippen LogP contribution in [0.2, 0.25) is 0 Å². The molecule has 1 atom stereocenters. The van der Waals surface area contributed by atoms with Gasteiger partial charge in [0.05, 0.1) is 0 Å². The highest BCUT2D eigenvalue weighted by Crippen LogP contribution is 2.38. The third-order valence-corrected chi connectivity index (χ3v) is 3.36. The van der Waals surface area contributed by atoms with Gasteiger partial charge in [0.1, 0.15) is 0 Å². The van der Waals surface area contributed by atoms with Gasteiger partial charge in [0.2, 0.25) is 0 Å². The van der Waals surface area contributed by atoms with Gasteiger partial charge in [-0.05, 0) is 30.0 Å². The maximum atomic E-state index is 5.78. The molecule has 0 nitrogen and oxygen atoms in total. The number of benzene rings is 1. The van der Waals surface area contributed by atoms with Crippen molar-refractivity contribution >= 4 is 47.4 Å². The number of halogens is 3. The van der Waals surface area contributed by atoms with E-state index in [1.807, 2.05) is 19.1 Å². The molecule has 1 aromatic carbocycles. The quantitative estimate of drug-likeness (QED) is 0.563. The summed E-state index contributed by atoms with van der Waals surface area (Å²) in [4.78, 5) is 0.976. The lowest BCUT2D eigenvalue weighted by Crippen LogP contribution is -2.09. The van der Waals surface area contributed by atoms with Gasteiger partial charge in [0.25, 0.3) is 0 Å². The standard InChI is InChI=1S/C11H13Cl3S/c1-7(6-11(12,13)14)9-4-3-5-10(15)8(9)2/h3-5,7,15H,6H2,1-2H3. The topological polar surface area (TPSA) is 0 Å². The van der Waals surface area contributed by atoms with Gasteiger partial charge in [-0.2, -0.15) is 0 Å². The Balaban J connectivity index is 2.92. The molecule has 1 rings (SSSR count). The van der Waals surface area contributed by atoms with Crippen LogP contribution in [-0.4, -0.2) is 3.79 Å². The van der Waals surface area contributed by atoms with Crippen molar-refractivity contribution in [3.8, 4) is 0 Å². The molecule has 0 amide bonds. The second-order valence-electron chi connectivity index (χ2n) is 3.71. The highest BCUT2D eigenvalue weighted by Gasteiger charge is 2.24. The van der Waals surface area contributed by atoms with Crippen molar-refractivity contribution in [2.24, 2.45) is 0 Å². The minimum absolute atomic E-state index is 0.213. The van der Waals surface area contributed by atoms with Gasteiger partial charge in [0.15, 0.2) is 3.79 Å². The molecule has 0 bridgehead atoms. The van der Waals surface area contributed by atoms with Gasteiger partial charge in [-0.25, -0.2) is 0 Å². The van der Waals surface area contributed by atoms with E-state index in [1.54, 1.807) is 0 Å². The molecule has 0 aliphatic carbocycles. The van der Waals surface area contributed by atoms with Crippen LogP contribution in [0.3, 0.4) is 0 Å². The first-order valence-electron chi connectivity index (χ1n) is 4.66. The van der Waals surface area contributed by atoms with Crippen LogP contribution in [0.4, 0.5) is 0 Å². The lowest BCUT2D eigenvalue weighted by Gasteiger charge is -2.20. The SMILES string of the molecule is Cc1c(S)cccc1C(C)CC(Cl)(Cl)Cl. The smallest absolute Gasteiger partial charge is 0.143 e. The molecular formula is C11H13Cl3S. The zero-order chi connectivity index (χ0) is 11.6. The molecule has 4 heteroatoms.